The van der Waals surface area contributed by atoms with Crippen LogP contribution >= 0.6 is 0 Å². The zero-order chi connectivity index (χ0) is 19.4. The molecule has 0 spiro atoms. The third kappa shape index (κ3) is 2.22. The van der Waals surface area contributed by atoms with Gasteiger partial charge >= 0.3 is 0 Å². The van der Waals surface area contributed by atoms with Crippen LogP contribution in [0.5, 0.6) is 0 Å². The van der Waals surface area contributed by atoms with Crippen LogP contribution in [0, 0.1) is 6.92 Å². The number of aromatic nitrogens is 6. The number of carbonyl (C=O) groups is 1. The fourth-order valence-corrected chi connectivity index (χ4v) is 3.71. The maximum Gasteiger partial charge on any atom is 0.286 e. The second-order valence-electron chi connectivity index (χ2n) is 6.91. The molecule has 9 heteroatoms. The Balaban J connectivity index is 1.59. The Morgan fingerprint density at radius 3 is 2.89 bits per heavy atom. The molecule has 0 saturated carbocycles. The van der Waals surface area contributed by atoms with Gasteiger partial charge in [-0.25, -0.2) is 9.97 Å². The Kier molecular flexibility index (Phi) is 3.45. The van der Waals surface area contributed by atoms with Crippen LogP contribution in [-0.2, 0) is 4.79 Å². The fraction of sp³-hybridized carbons (Fsp3) is 0.211. The monoisotopic (exact) mass is 375 g/mol. The van der Waals surface area contributed by atoms with E-state index in [0.717, 1.165) is 22.2 Å². The number of aromatic amines is 1. The number of amides is 1. The summed E-state index contributed by atoms with van der Waals surface area (Å²) in [5, 5.41) is 7.84. The molecule has 0 aliphatic carbocycles. The lowest BCUT2D eigenvalue weighted by molar-refractivity contribution is -0.131. The van der Waals surface area contributed by atoms with Crippen molar-refractivity contribution in [2.24, 2.45) is 0 Å². The Labute approximate surface area is 158 Å². The van der Waals surface area contributed by atoms with Crippen LogP contribution in [0.1, 0.15) is 11.6 Å². The SMILES string of the molecule is C=CC(=O)N1CC(n2cnc3c(=O)n(-c4c(C)ccc5[nH]ncc45)cnc32)C1. The predicted molar refractivity (Wildman–Crippen MR) is 103 cm³/mol. The molecule has 0 atom stereocenters. The molecule has 1 aliphatic heterocycles. The Morgan fingerprint density at radius 1 is 1.29 bits per heavy atom. The highest BCUT2D eigenvalue weighted by atomic mass is 16.2. The summed E-state index contributed by atoms with van der Waals surface area (Å²) in [7, 11) is 0. The standard InChI is InChI=1S/C19H17N7O2/c1-3-15(27)24-7-12(8-24)25-9-20-16-18(25)21-10-26(19(16)28)17-11(2)4-5-14-13(17)6-22-23-14/h3-6,9-10,12H,1,7-8H2,2H3,(H,22,23). The quantitative estimate of drug-likeness (QED) is 0.545. The van der Waals surface area contributed by atoms with Gasteiger partial charge in [-0.2, -0.15) is 5.10 Å². The van der Waals surface area contributed by atoms with Gasteiger partial charge in [0.1, 0.15) is 6.33 Å². The van der Waals surface area contributed by atoms with Gasteiger partial charge in [-0.3, -0.25) is 19.3 Å². The Morgan fingerprint density at radius 2 is 2.11 bits per heavy atom. The first-order chi connectivity index (χ1) is 13.6. The number of imidazole rings is 1. The highest BCUT2D eigenvalue weighted by Crippen LogP contribution is 2.26. The number of fused-ring (bicyclic) bond motifs is 2. The first-order valence-electron chi connectivity index (χ1n) is 8.87. The summed E-state index contributed by atoms with van der Waals surface area (Å²) in [4.78, 5) is 35.3. The van der Waals surface area contributed by atoms with Crippen molar-refractivity contribution in [3.63, 3.8) is 0 Å². The van der Waals surface area contributed by atoms with Crippen LogP contribution in [0.2, 0.25) is 0 Å². The Bertz CT molecular complexity index is 1310. The van der Waals surface area contributed by atoms with Crippen LogP contribution in [0.3, 0.4) is 0 Å². The minimum atomic E-state index is -0.237. The summed E-state index contributed by atoms with van der Waals surface area (Å²) in [6.07, 6.45) is 6.16. The zero-order valence-corrected chi connectivity index (χ0v) is 15.2. The number of benzene rings is 1. The summed E-state index contributed by atoms with van der Waals surface area (Å²) in [6.45, 7) is 6.54. The highest BCUT2D eigenvalue weighted by Gasteiger charge is 2.32. The predicted octanol–water partition coefficient (Wildman–Crippen LogP) is 1.34. The van der Waals surface area contributed by atoms with Gasteiger partial charge in [-0.05, 0) is 24.6 Å². The lowest BCUT2D eigenvalue weighted by Gasteiger charge is -2.39. The fourth-order valence-electron chi connectivity index (χ4n) is 3.71. The van der Waals surface area contributed by atoms with E-state index in [0.29, 0.717) is 24.3 Å². The number of nitrogens with one attached hydrogen (secondary N) is 1. The minimum Gasteiger partial charge on any atom is -0.335 e. The highest BCUT2D eigenvalue weighted by molar-refractivity contribution is 5.89. The van der Waals surface area contributed by atoms with E-state index in [2.05, 4.69) is 26.7 Å². The summed E-state index contributed by atoms with van der Waals surface area (Å²) >= 11 is 0. The van der Waals surface area contributed by atoms with E-state index in [9.17, 15) is 9.59 Å². The number of H-pyrrole nitrogens is 1. The van der Waals surface area contributed by atoms with Crippen molar-refractivity contribution in [3.05, 3.63) is 59.6 Å². The smallest absolute Gasteiger partial charge is 0.286 e. The second-order valence-corrected chi connectivity index (χ2v) is 6.91. The number of carbonyl (C=O) groups excluding carboxylic acids is 1. The lowest BCUT2D eigenvalue weighted by Crippen LogP contribution is -2.50. The van der Waals surface area contributed by atoms with Gasteiger partial charge < -0.3 is 9.47 Å². The number of rotatable bonds is 3. The molecule has 4 heterocycles. The third-order valence-corrected chi connectivity index (χ3v) is 5.26. The molecule has 5 rings (SSSR count). The van der Waals surface area contributed by atoms with Crippen molar-refractivity contribution >= 4 is 28.0 Å². The van der Waals surface area contributed by atoms with E-state index in [1.54, 1.807) is 17.4 Å². The second kappa shape index (κ2) is 5.88. The summed E-state index contributed by atoms with van der Waals surface area (Å²) in [5.41, 5.74) is 3.11. The van der Waals surface area contributed by atoms with Crippen molar-refractivity contribution < 1.29 is 4.79 Å². The average Bonchev–Trinajstić information content (AvgIpc) is 3.29. The molecular formula is C19H17N7O2. The molecule has 0 radical (unpaired) electrons. The molecular weight excluding hydrogens is 358 g/mol. The molecule has 4 aromatic rings. The molecule has 0 unspecified atom stereocenters. The van der Waals surface area contributed by atoms with Gasteiger partial charge in [0.25, 0.3) is 5.56 Å². The molecule has 0 bridgehead atoms. The zero-order valence-electron chi connectivity index (χ0n) is 15.2. The van der Waals surface area contributed by atoms with Gasteiger partial charge in [0.05, 0.1) is 29.8 Å². The van der Waals surface area contributed by atoms with E-state index in [1.807, 2.05) is 23.6 Å². The Hall–Kier alpha value is -3.75. The molecule has 1 aliphatic rings. The first kappa shape index (κ1) is 16.4. The molecule has 9 nitrogen and oxygen atoms in total. The number of aryl methyl sites for hydroxylation is 1. The number of hydrogen-bond acceptors (Lipinski definition) is 5. The molecule has 3 aromatic heterocycles. The van der Waals surface area contributed by atoms with E-state index in [4.69, 9.17) is 0 Å². The van der Waals surface area contributed by atoms with Crippen LogP contribution in [-0.4, -0.2) is 53.2 Å². The van der Waals surface area contributed by atoms with E-state index < -0.39 is 0 Å². The van der Waals surface area contributed by atoms with Crippen LogP contribution in [0.15, 0.2) is 48.4 Å². The van der Waals surface area contributed by atoms with Crippen molar-refractivity contribution in [1.29, 1.82) is 0 Å². The number of hydrogen-bond donors (Lipinski definition) is 1. The molecule has 1 aromatic carbocycles. The lowest BCUT2D eigenvalue weighted by atomic mass is 10.1. The molecule has 1 fully saturated rings. The van der Waals surface area contributed by atoms with Crippen LogP contribution < -0.4 is 5.56 Å². The molecule has 140 valence electrons. The molecule has 1 saturated heterocycles. The topological polar surface area (TPSA) is 102 Å². The molecule has 28 heavy (non-hydrogen) atoms. The minimum absolute atomic E-state index is 0.0516. The number of nitrogens with zero attached hydrogens (tertiary/aromatic N) is 6. The van der Waals surface area contributed by atoms with Crippen molar-refractivity contribution in [2.75, 3.05) is 13.1 Å². The molecule has 1 amide bonds. The normalized spacial score (nSPS) is 14.5. The summed E-state index contributed by atoms with van der Waals surface area (Å²) in [5.74, 6) is -0.0975. The summed E-state index contributed by atoms with van der Waals surface area (Å²) < 4.78 is 3.38. The van der Waals surface area contributed by atoms with Crippen LogP contribution in [0.25, 0.3) is 27.8 Å². The average molecular weight is 375 g/mol. The van der Waals surface area contributed by atoms with Crippen LogP contribution in [0.4, 0.5) is 0 Å². The third-order valence-electron chi connectivity index (χ3n) is 5.26. The van der Waals surface area contributed by atoms with E-state index in [1.165, 1.54) is 17.0 Å². The maximum absolute atomic E-state index is 13.1. The number of likely N-dealkylation sites (tertiary alicyclic amines) is 1. The maximum atomic E-state index is 13.1. The van der Waals surface area contributed by atoms with Gasteiger partial charge in [0.15, 0.2) is 11.2 Å². The van der Waals surface area contributed by atoms with Gasteiger partial charge in [-0.15, -0.1) is 0 Å². The van der Waals surface area contributed by atoms with Crippen molar-refractivity contribution in [3.8, 4) is 5.69 Å². The van der Waals surface area contributed by atoms with Crippen molar-refractivity contribution in [1.82, 2.24) is 34.2 Å². The largest absolute Gasteiger partial charge is 0.335 e. The molecule has 1 N–H and O–H groups in total. The van der Waals surface area contributed by atoms with Gasteiger partial charge in [0, 0.05) is 18.5 Å². The van der Waals surface area contributed by atoms with E-state index in [-0.39, 0.29) is 17.5 Å². The summed E-state index contributed by atoms with van der Waals surface area (Å²) in [6, 6.07) is 3.92. The van der Waals surface area contributed by atoms with E-state index >= 15 is 0 Å². The first-order valence-corrected chi connectivity index (χ1v) is 8.87. The van der Waals surface area contributed by atoms with Gasteiger partial charge in [-0.1, -0.05) is 12.6 Å². The van der Waals surface area contributed by atoms with Gasteiger partial charge in [0.2, 0.25) is 5.91 Å². The van der Waals surface area contributed by atoms with Crippen molar-refractivity contribution in [2.45, 2.75) is 13.0 Å².